The van der Waals surface area contributed by atoms with Crippen LogP contribution in [-0.4, -0.2) is 25.7 Å². The van der Waals surface area contributed by atoms with Gasteiger partial charge in [0.25, 0.3) is 0 Å². The van der Waals surface area contributed by atoms with E-state index < -0.39 is 0 Å². The fraction of sp³-hybridized carbons (Fsp3) is 0.120. The lowest BCUT2D eigenvalue weighted by Gasteiger charge is -2.08. The molecule has 0 bridgehead atoms. The maximum absolute atomic E-state index is 12.4. The number of benzene rings is 2. The first-order valence-electron chi connectivity index (χ1n) is 10.6. The van der Waals surface area contributed by atoms with Crippen LogP contribution in [0.1, 0.15) is 16.3 Å². The summed E-state index contributed by atoms with van der Waals surface area (Å²) in [7, 11) is 0. The second-order valence-electron chi connectivity index (χ2n) is 7.57. The molecule has 0 saturated carbocycles. The topological polar surface area (TPSA) is 85.8 Å². The van der Waals surface area contributed by atoms with Crippen LogP contribution in [0.4, 0.5) is 5.69 Å². The van der Waals surface area contributed by atoms with Crippen molar-refractivity contribution in [2.45, 2.75) is 24.3 Å². The molecule has 0 aliphatic carbocycles. The molecule has 0 unspecified atom stereocenters. The molecule has 34 heavy (non-hydrogen) atoms. The second-order valence-corrected chi connectivity index (χ2v) is 9.45. The number of furan rings is 1. The first-order chi connectivity index (χ1) is 16.7. The molecular formula is C25H21N5O2S2. The lowest BCUT2D eigenvalue weighted by molar-refractivity contribution is -0.115. The van der Waals surface area contributed by atoms with E-state index in [1.54, 1.807) is 18.0 Å². The van der Waals surface area contributed by atoms with Crippen molar-refractivity contribution in [3.63, 3.8) is 0 Å². The summed E-state index contributed by atoms with van der Waals surface area (Å²) in [6.45, 7) is 2.01. The molecule has 0 radical (unpaired) electrons. The quantitative estimate of drug-likeness (QED) is 0.280. The third-order valence-electron chi connectivity index (χ3n) is 4.98. The van der Waals surface area contributed by atoms with Crippen LogP contribution in [-0.2, 0) is 17.0 Å². The Labute approximate surface area is 204 Å². The summed E-state index contributed by atoms with van der Waals surface area (Å²) in [6, 6.07) is 21.4. The summed E-state index contributed by atoms with van der Waals surface area (Å²) >= 11 is 3.03. The standard InChI is InChI=1S/C25H21N5O2S2/c1-17-9-11-18(12-10-17)26-22(31)14-23-27-19(15-33-23)16-34-25-29-28-24(21-8-5-13-32-21)30(25)20-6-3-2-4-7-20/h2-13,15H,14,16H2,1H3,(H,26,31). The van der Waals surface area contributed by atoms with Crippen molar-refractivity contribution >= 4 is 34.7 Å². The molecule has 0 fully saturated rings. The van der Waals surface area contributed by atoms with Gasteiger partial charge in [0.2, 0.25) is 11.7 Å². The van der Waals surface area contributed by atoms with E-state index in [0.29, 0.717) is 17.3 Å². The van der Waals surface area contributed by atoms with Crippen molar-refractivity contribution in [2.75, 3.05) is 5.32 Å². The van der Waals surface area contributed by atoms with Gasteiger partial charge in [-0.15, -0.1) is 21.5 Å². The number of aryl methyl sites for hydroxylation is 1. The highest BCUT2D eigenvalue weighted by Crippen LogP contribution is 2.30. The van der Waals surface area contributed by atoms with Crippen molar-refractivity contribution in [3.05, 3.63) is 94.6 Å². The van der Waals surface area contributed by atoms with E-state index in [9.17, 15) is 4.79 Å². The predicted octanol–water partition coefficient (Wildman–Crippen LogP) is 5.77. The van der Waals surface area contributed by atoms with Gasteiger partial charge in [-0.25, -0.2) is 4.98 Å². The number of hydrogen-bond donors (Lipinski definition) is 1. The number of aromatic nitrogens is 4. The normalized spacial score (nSPS) is 11.0. The van der Waals surface area contributed by atoms with E-state index in [1.165, 1.54) is 11.3 Å². The molecule has 5 aromatic rings. The van der Waals surface area contributed by atoms with Crippen molar-refractivity contribution < 1.29 is 9.21 Å². The number of nitrogens with zero attached hydrogens (tertiary/aromatic N) is 4. The monoisotopic (exact) mass is 487 g/mol. The average molecular weight is 488 g/mol. The number of thioether (sulfide) groups is 1. The molecule has 0 aliphatic rings. The minimum absolute atomic E-state index is 0.0793. The zero-order valence-electron chi connectivity index (χ0n) is 18.3. The fourth-order valence-corrected chi connectivity index (χ4v) is 5.10. The molecule has 0 atom stereocenters. The number of anilines is 1. The second kappa shape index (κ2) is 10.1. The van der Waals surface area contributed by atoms with Crippen molar-refractivity contribution in [3.8, 4) is 17.3 Å². The van der Waals surface area contributed by atoms with Gasteiger partial charge in [0.1, 0.15) is 5.01 Å². The maximum atomic E-state index is 12.4. The zero-order valence-corrected chi connectivity index (χ0v) is 20.0. The van der Waals surface area contributed by atoms with E-state index in [4.69, 9.17) is 4.42 Å². The molecule has 0 saturated heterocycles. The first kappa shape index (κ1) is 22.1. The van der Waals surface area contributed by atoms with Crippen molar-refractivity contribution in [2.24, 2.45) is 0 Å². The molecule has 2 aromatic carbocycles. The molecule has 9 heteroatoms. The van der Waals surface area contributed by atoms with E-state index in [1.807, 2.05) is 83.6 Å². The molecule has 0 aliphatic heterocycles. The molecule has 7 nitrogen and oxygen atoms in total. The van der Waals surface area contributed by atoms with Crippen molar-refractivity contribution in [1.29, 1.82) is 0 Å². The highest BCUT2D eigenvalue weighted by molar-refractivity contribution is 7.98. The summed E-state index contributed by atoms with van der Waals surface area (Å²) in [5.74, 6) is 1.83. The largest absolute Gasteiger partial charge is 0.461 e. The highest BCUT2D eigenvalue weighted by Gasteiger charge is 2.18. The van der Waals surface area contributed by atoms with Crippen LogP contribution < -0.4 is 5.32 Å². The van der Waals surface area contributed by atoms with Crippen LogP contribution in [0.5, 0.6) is 0 Å². The molecule has 170 valence electrons. The molecule has 0 spiro atoms. The summed E-state index contributed by atoms with van der Waals surface area (Å²) in [4.78, 5) is 17.0. The Bertz CT molecular complexity index is 1380. The summed E-state index contributed by atoms with van der Waals surface area (Å²) in [5.41, 5.74) is 3.79. The number of hydrogen-bond acceptors (Lipinski definition) is 7. The Morgan fingerprint density at radius 2 is 1.88 bits per heavy atom. The van der Waals surface area contributed by atoms with Gasteiger partial charge in [-0.05, 0) is 43.3 Å². The lowest BCUT2D eigenvalue weighted by Crippen LogP contribution is -2.14. The van der Waals surface area contributed by atoms with Crippen LogP contribution in [0.15, 0.2) is 87.9 Å². The Morgan fingerprint density at radius 1 is 1.06 bits per heavy atom. The number of amides is 1. The molecular weight excluding hydrogens is 466 g/mol. The van der Waals surface area contributed by atoms with E-state index in [0.717, 1.165) is 32.8 Å². The number of para-hydroxylation sites is 1. The Hall–Kier alpha value is -3.69. The van der Waals surface area contributed by atoms with Gasteiger partial charge in [0.05, 0.1) is 18.4 Å². The highest BCUT2D eigenvalue weighted by atomic mass is 32.2. The Balaban J connectivity index is 1.27. The predicted molar refractivity (Wildman–Crippen MR) is 134 cm³/mol. The maximum Gasteiger partial charge on any atom is 0.231 e. The minimum Gasteiger partial charge on any atom is -0.461 e. The molecule has 3 heterocycles. The fourth-order valence-electron chi connectivity index (χ4n) is 3.35. The van der Waals surface area contributed by atoms with Crippen LogP contribution in [0.25, 0.3) is 17.3 Å². The average Bonchev–Trinajstić information content (AvgIpc) is 3.60. The zero-order chi connectivity index (χ0) is 23.3. The smallest absolute Gasteiger partial charge is 0.231 e. The number of thiazole rings is 1. The lowest BCUT2D eigenvalue weighted by atomic mass is 10.2. The van der Waals surface area contributed by atoms with Crippen LogP contribution in [0, 0.1) is 6.92 Å². The van der Waals surface area contributed by atoms with Gasteiger partial charge < -0.3 is 9.73 Å². The minimum atomic E-state index is -0.0793. The van der Waals surface area contributed by atoms with Crippen LogP contribution in [0.2, 0.25) is 0 Å². The van der Waals surface area contributed by atoms with Crippen LogP contribution >= 0.6 is 23.1 Å². The van der Waals surface area contributed by atoms with E-state index in [2.05, 4.69) is 20.5 Å². The summed E-state index contributed by atoms with van der Waals surface area (Å²) < 4.78 is 7.54. The first-order valence-corrected chi connectivity index (χ1v) is 12.5. The van der Waals surface area contributed by atoms with Gasteiger partial charge in [-0.1, -0.05) is 47.7 Å². The van der Waals surface area contributed by atoms with Crippen LogP contribution in [0.3, 0.4) is 0 Å². The van der Waals surface area contributed by atoms with Gasteiger partial charge in [0, 0.05) is 22.5 Å². The van der Waals surface area contributed by atoms with Gasteiger partial charge >= 0.3 is 0 Å². The summed E-state index contributed by atoms with van der Waals surface area (Å²) in [5, 5.41) is 15.2. The Morgan fingerprint density at radius 3 is 2.65 bits per heavy atom. The molecule has 1 amide bonds. The molecule has 3 aromatic heterocycles. The van der Waals surface area contributed by atoms with Gasteiger partial charge in [-0.3, -0.25) is 9.36 Å². The number of rotatable bonds is 8. The van der Waals surface area contributed by atoms with E-state index >= 15 is 0 Å². The Kier molecular flexibility index (Phi) is 6.55. The third kappa shape index (κ3) is 5.11. The molecule has 5 rings (SSSR count). The number of nitrogens with one attached hydrogen (secondary N) is 1. The number of carbonyl (C=O) groups excluding carboxylic acids is 1. The summed E-state index contributed by atoms with van der Waals surface area (Å²) in [6.07, 6.45) is 1.87. The SMILES string of the molecule is Cc1ccc(NC(=O)Cc2nc(CSc3nnc(-c4ccco4)n3-c3ccccc3)cs2)cc1. The third-order valence-corrected chi connectivity index (χ3v) is 6.85. The molecule has 1 N–H and O–H groups in total. The van der Waals surface area contributed by atoms with Gasteiger partial charge in [-0.2, -0.15) is 0 Å². The van der Waals surface area contributed by atoms with Crippen molar-refractivity contribution in [1.82, 2.24) is 19.7 Å². The number of carbonyl (C=O) groups is 1. The van der Waals surface area contributed by atoms with Gasteiger partial charge in [0.15, 0.2) is 10.9 Å². The van der Waals surface area contributed by atoms with E-state index in [-0.39, 0.29) is 12.3 Å².